The first-order valence-electron chi connectivity index (χ1n) is 5.98. The lowest BCUT2D eigenvalue weighted by Crippen LogP contribution is -2.44. The molecule has 1 aliphatic rings. The highest BCUT2D eigenvalue weighted by Crippen LogP contribution is 2.21. The zero-order chi connectivity index (χ0) is 13.8. The van der Waals surface area contributed by atoms with Crippen LogP contribution in [0.3, 0.4) is 0 Å². The number of nitrogens with zero attached hydrogens (tertiary/aromatic N) is 1. The number of piperidine rings is 1. The van der Waals surface area contributed by atoms with Crippen molar-refractivity contribution >= 4 is 30.8 Å². The number of carbonyl (C=O) groups is 1. The molecule has 0 aromatic rings. The summed E-state index contributed by atoms with van der Waals surface area (Å²) in [5, 5.41) is 2.76. The molecule has 0 spiro atoms. The zero-order valence-electron chi connectivity index (χ0n) is 11.4. The van der Waals surface area contributed by atoms with Crippen molar-refractivity contribution in [1.29, 1.82) is 0 Å². The Balaban J connectivity index is 0. The third-order valence-electron chi connectivity index (χ3n) is 3.01. The van der Waals surface area contributed by atoms with Crippen molar-refractivity contribution in [2.45, 2.75) is 38.1 Å². The maximum absolute atomic E-state index is 12.2. The highest BCUT2D eigenvalue weighted by Gasteiger charge is 2.33. The van der Waals surface area contributed by atoms with E-state index in [0.29, 0.717) is 25.9 Å². The van der Waals surface area contributed by atoms with Crippen molar-refractivity contribution in [1.82, 2.24) is 10.2 Å². The summed E-state index contributed by atoms with van der Waals surface area (Å²) in [5.41, 5.74) is 0. The van der Waals surface area contributed by atoms with Crippen molar-refractivity contribution in [2.24, 2.45) is 0 Å². The van der Waals surface area contributed by atoms with E-state index in [1.54, 1.807) is 14.0 Å². The number of nitrogens with one attached hydrogen (secondary N) is 1. The number of carbonyl (C=O) groups excluding carboxylic acids is 1. The topological polar surface area (TPSA) is 41.6 Å². The van der Waals surface area contributed by atoms with Crippen LogP contribution >= 0.6 is 24.8 Å². The summed E-state index contributed by atoms with van der Waals surface area (Å²) in [6.07, 6.45) is -3.52. The second kappa shape index (κ2) is 9.65. The Labute approximate surface area is 129 Å². The first-order valence-corrected chi connectivity index (χ1v) is 5.98. The van der Waals surface area contributed by atoms with Crippen LogP contribution in [0, 0.1) is 0 Å². The highest BCUT2D eigenvalue weighted by atomic mass is 35.5. The van der Waals surface area contributed by atoms with Gasteiger partial charge in [-0.25, -0.2) is 0 Å². The first kappa shape index (κ1) is 22.0. The van der Waals surface area contributed by atoms with E-state index >= 15 is 0 Å². The van der Waals surface area contributed by atoms with Gasteiger partial charge in [0.15, 0.2) is 0 Å². The number of hydrogen-bond acceptors (Lipinski definition) is 4. The van der Waals surface area contributed by atoms with Gasteiger partial charge in [-0.15, -0.1) is 24.8 Å². The third kappa shape index (κ3) is 8.14. The lowest BCUT2D eigenvalue weighted by molar-refractivity contribution is -0.161. The average molecular weight is 341 g/mol. The molecular weight excluding hydrogens is 320 g/mol. The highest BCUT2D eigenvalue weighted by molar-refractivity contribution is 5.85. The Hall–Kier alpha value is -0.240. The second-order valence-electron chi connectivity index (χ2n) is 4.54. The maximum atomic E-state index is 12.2. The summed E-state index contributed by atoms with van der Waals surface area (Å²) in [6.45, 7) is 1.42. The predicted molar refractivity (Wildman–Crippen MR) is 74.6 cm³/mol. The van der Waals surface area contributed by atoms with E-state index < -0.39 is 18.8 Å². The number of halogens is 5. The number of esters is 1. The standard InChI is InChI=1S/C11H19F3N2O2.2ClH/c1-8(15-2)10(17)18-9-3-5-16(6-4-9)7-11(12,13)14;;/h8-9,15H,3-7H2,1-2H3;2*1H. The summed E-state index contributed by atoms with van der Waals surface area (Å²) >= 11 is 0. The van der Waals surface area contributed by atoms with Crippen LogP contribution in [0.25, 0.3) is 0 Å². The van der Waals surface area contributed by atoms with Crippen molar-refractivity contribution in [3.8, 4) is 0 Å². The minimum Gasteiger partial charge on any atom is -0.461 e. The summed E-state index contributed by atoms with van der Waals surface area (Å²) in [6, 6.07) is -0.391. The minimum atomic E-state index is -4.16. The van der Waals surface area contributed by atoms with Gasteiger partial charge in [0.25, 0.3) is 0 Å². The number of rotatable bonds is 4. The average Bonchev–Trinajstić information content (AvgIpc) is 2.28. The number of ether oxygens (including phenoxy) is 1. The fourth-order valence-electron chi connectivity index (χ4n) is 1.82. The van der Waals surface area contributed by atoms with Crippen LogP contribution in [-0.4, -0.2) is 55.9 Å². The molecule has 0 amide bonds. The Morgan fingerprint density at radius 2 is 1.85 bits per heavy atom. The molecule has 122 valence electrons. The molecule has 1 atom stereocenters. The molecule has 9 heteroatoms. The number of hydrogen-bond donors (Lipinski definition) is 1. The molecule has 0 bridgehead atoms. The normalized spacial score (nSPS) is 18.6. The van der Waals surface area contributed by atoms with Gasteiger partial charge >= 0.3 is 12.1 Å². The summed E-state index contributed by atoms with van der Waals surface area (Å²) in [7, 11) is 1.65. The Morgan fingerprint density at radius 3 is 2.25 bits per heavy atom. The molecule has 1 unspecified atom stereocenters. The SMILES string of the molecule is CNC(C)C(=O)OC1CCN(CC(F)(F)F)CC1.Cl.Cl. The number of alkyl halides is 3. The molecule has 0 radical (unpaired) electrons. The summed E-state index contributed by atoms with van der Waals surface area (Å²) in [5.74, 6) is -0.355. The van der Waals surface area contributed by atoms with Gasteiger partial charge in [0.1, 0.15) is 12.1 Å². The molecule has 1 N–H and O–H groups in total. The smallest absolute Gasteiger partial charge is 0.401 e. The van der Waals surface area contributed by atoms with Crippen LogP contribution in [0.4, 0.5) is 13.2 Å². The van der Waals surface area contributed by atoms with Gasteiger partial charge in [-0.05, 0) is 26.8 Å². The van der Waals surface area contributed by atoms with Gasteiger partial charge < -0.3 is 10.1 Å². The largest absolute Gasteiger partial charge is 0.461 e. The van der Waals surface area contributed by atoms with Crippen molar-refractivity contribution in [3.63, 3.8) is 0 Å². The molecular formula is C11H21Cl2F3N2O2. The molecule has 0 aromatic heterocycles. The molecule has 0 aromatic carbocycles. The molecule has 1 fully saturated rings. The molecule has 1 rings (SSSR count). The van der Waals surface area contributed by atoms with E-state index in [9.17, 15) is 18.0 Å². The number of likely N-dealkylation sites (N-methyl/N-ethyl adjacent to an activating group) is 1. The monoisotopic (exact) mass is 340 g/mol. The predicted octanol–water partition coefficient (Wildman–Crippen LogP) is 2.01. The third-order valence-corrected chi connectivity index (χ3v) is 3.01. The van der Waals surface area contributed by atoms with Crippen LogP contribution < -0.4 is 5.32 Å². The summed E-state index contributed by atoms with van der Waals surface area (Å²) in [4.78, 5) is 12.8. The van der Waals surface area contributed by atoms with Crippen LogP contribution in [0.2, 0.25) is 0 Å². The van der Waals surface area contributed by atoms with E-state index in [0.717, 1.165) is 0 Å². The quantitative estimate of drug-likeness (QED) is 0.795. The van der Waals surface area contributed by atoms with Gasteiger partial charge in [0, 0.05) is 13.1 Å². The van der Waals surface area contributed by atoms with Gasteiger partial charge in [0.05, 0.1) is 6.54 Å². The van der Waals surface area contributed by atoms with E-state index in [4.69, 9.17) is 4.74 Å². The molecule has 0 saturated carbocycles. The molecule has 20 heavy (non-hydrogen) atoms. The van der Waals surface area contributed by atoms with Gasteiger partial charge in [-0.2, -0.15) is 13.2 Å². The molecule has 1 saturated heterocycles. The van der Waals surface area contributed by atoms with E-state index in [2.05, 4.69) is 5.32 Å². The molecule has 4 nitrogen and oxygen atoms in total. The van der Waals surface area contributed by atoms with E-state index in [1.807, 2.05) is 0 Å². The van der Waals surface area contributed by atoms with E-state index in [-0.39, 0.29) is 36.9 Å². The molecule has 0 aliphatic carbocycles. The Bertz CT molecular complexity index is 285. The minimum absolute atomic E-state index is 0. The van der Waals surface area contributed by atoms with Gasteiger partial charge in [0.2, 0.25) is 0 Å². The van der Waals surface area contributed by atoms with Crippen LogP contribution in [-0.2, 0) is 9.53 Å². The summed E-state index contributed by atoms with van der Waals surface area (Å²) < 4.78 is 41.7. The van der Waals surface area contributed by atoms with Gasteiger partial charge in [-0.3, -0.25) is 9.69 Å². The Kier molecular flexibility index (Phi) is 10.6. The lowest BCUT2D eigenvalue weighted by atomic mass is 10.1. The van der Waals surface area contributed by atoms with E-state index in [1.165, 1.54) is 4.90 Å². The van der Waals surface area contributed by atoms with Crippen LogP contribution in [0.15, 0.2) is 0 Å². The van der Waals surface area contributed by atoms with Crippen molar-refractivity contribution < 1.29 is 22.7 Å². The lowest BCUT2D eigenvalue weighted by Gasteiger charge is -2.32. The second-order valence-corrected chi connectivity index (χ2v) is 4.54. The fraction of sp³-hybridized carbons (Fsp3) is 0.909. The fourth-order valence-corrected chi connectivity index (χ4v) is 1.82. The van der Waals surface area contributed by atoms with Crippen molar-refractivity contribution in [3.05, 3.63) is 0 Å². The molecule has 1 aliphatic heterocycles. The van der Waals surface area contributed by atoms with Crippen molar-refractivity contribution in [2.75, 3.05) is 26.7 Å². The van der Waals surface area contributed by atoms with Gasteiger partial charge in [-0.1, -0.05) is 0 Å². The maximum Gasteiger partial charge on any atom is 0.401 e. The first-order chi connectivity index (χ1) is 8.31. The Morgan fingerprint density at radius 1 is 1.35 bits per heavy atom. The number of likely N-dealkylation sites (tertiary alicyclic amines) is 1. The van der Waals surface area contributed by atoms with Crippen LogP contribution in [0.1, 0.15) is 19.8 Å². The molecule has 1 heterocycles. The zero-order valence-corrected chi connectivity index (χ0v) is 13.0. The van der Waals surface area contributed by atoms with Crippen LogP contribution in [0.5, 0.6) is 0 Å².